The summed E-state index contributed by atoms with van der Waals surface area (Å²) in [5.41, 5.74) is 1.30. The van der Waals surface area contributed by atoms with Crippen LogP contribution < -0.4 is 0 Å². The van der Waals surface area contributed by atoms with Gasteiger partial charge in [0.2, 0.25) is 0 Å². The molecule has 0 aliphatic carbocycles. The van der Waals surface area contributed by atoms with Gasteiger partial charge in [-0.15, -0.1) is 0 Å². The quantitative estimate of drug-likeness (QED) is 0.890. The Bertz CT molecular complexity index is 482. The van der Waals surface area contributed by atoms with Gasteiger partial charge in [-0.05, 0) is 35.4 Å². The van der Waals surface area contributed by atoms with Gasteiger partial charge >= 0.3 is 0 Å². The summed E-state index contributed by atoms with van der Waals surface area (Å²) in [6.45, 7) is 0. The van der Waals surface area contributed by atoms with Crippen molar-refractivity contribution in [3.05, 3.63) is 69.9 Å². The highest BCUT2D eigenvalue weighted by molar-refractivity contribution is 9.10. The fourth-order valence-corrected chi connectivity index (χ4v) is 1.78. The van der Waals surface area contributed by atoms with Crippen LogP contribution in [-0.2, 0) is 0 Å². The molecular formula is C13H10BrFO. The number of benzene rings is 2. The van der Waals surface area contributed by atoms with E-state index in [1.807, 2.05) is 12.1 Å². The number of aliphatic hydroxyl groups is 1. The zero-order chi connectivity index (χ0) is 11.5. The molecule has 0 unspecified atom stereocenters. The Hall–Kier alpha value is -1.19. The first kappa shape index (κ1) is 11.3. The summed E-state index contributed by atoms with van der Waals surface area (Å²) in [7, 11) is 0. The highest BCUT2D eigenvalue weighted by Gasteiger charge is 2.10. The molecule has 0 radical (unpaired) electrons. The molecule has 3 heteroatoms. The lowest BCUT2D eigenvalue weighted by Gasteiger charge is -2.11. The van der Waals surface area contributed by atoms with E-state index in [1.165, 1.54) is 12.1 Å². The van der Waals surface area contributed by atoms with E-state index in [4.69, 9.17) is 0 Å². The Balaban J connectivity index is 2.31. The van der Waals surface area contributed by atoms with Gasteiger partial charge in [-0.1, -0.05) is 40.2 Å². The van der Waals surface area contributed by atoms with Gasteiger partial charge in [0.25, 0.3) is 0 Å². The van der Waals surface area contributed by atoms with Gasteiger partial charge in [-0.2, -0.15) is 0 Å². The molecule has 82 valence electrons. The van der Waals surface area contributed by atoms with Crippen LogP contribution in [0.15, 0.2) is 53.0 Å². The molecule has 2 aromatic carbocycles. The lowest BCUT2D eigenvalue weighted by molar-refractivity contribution is 0.220. The van der Waals surface area contributed by atoms with Gasteiger partial charge in [-0.25, -0.2) is 4.39 Å². The van der Waals surface area contributed by atoms with E-state index in [2.05, 4.69) is 15.9 Å². The van der Waals surface area contributed by atoms with E-state index < -0.39 is 6.10 Å². The summed E-state index contributed by atoms with van der Waals surface area (Å²) in [6, 6.07) is 13.3. The largest absolute Gasteiger partial charge is 0.384 e. The Morgan fingerprint density at radius 2 is 1.69 bits per heavy atom. The smallest absolute Gasteiger partial charge is 0.123 e. The van der Waals surface area contributed by atoms with Crippen LogP contribution in [0.25, 0.3) is 0 Å². The fraction of sp³-hybridized carbons (Fsp3) is 0.0769. The molecule has 2 aromatic rings. The lowest BCUT2D eigenvalue weighted by atomic mass is 10.0. The van der Waals surface area contributed by atoms with Gasteiger partial charge in [-0.3, -0.25) is 0 Å². The molecule has 0 amide bonds. The Morgan fingerprint density at radius 3 is 2.31 bits per heavy atom. The Morgan fingerprint density at radius 1 is 1.00 bits per heavy atom. The Labute approximate surface area is 102 Å². The van der Waals surface area contributed by atoms with E-state index in [0.717, 1.165) is 10.0 Å². The van der Waals surface area contributed by atoms with Crippen molar-refractivity contribution in [2.75, 3.05) is 0 Å². The molecule has 0 fully saturated rings. The average Bonchev–Trinajstić information content (AvgIpc) is 2.29. The van der Waals surface area contributed by atoms with Crippen molar-refractivity contribution in [3.8, 4) is 0 Å². The molecular weight excluding hydrogens is 271 g/mol. The minimum atomic E-state index is -0.788. The summed E-state index contributed by atoms with van der Waals surface area (Å²) in [6.07, 6.45) is -0.788. The summed E-state index contributed by atoms with van der Waals surface area (Å²) < 4.78 is 13.9. The third-order valence-electron chi connectivity index (χ3n) is 2.35. The van der Waals surface area contributed by atoms with Crippen LogP contribution in [0.2, 0.25) is 0 Å². The standard InChI is InChI=1S/C13H10BrFO/c14-11-6-4-9(5-7-11)13(16)10-2-1-3-12(15)8-10/h1-8,13,16H/t13-/m1/s1. The zero-order valence-corrected chi connectivity index (χ0v) is 9.99. The molecule has 0 bridgehead atoms. The van der Waals surface area contributed by atoms with Crippen molar-refractivity contribution in [2.45, 2.75) is 6.10 Å². The average molecular weight is 281 g/mol. The van der Waals surface area contributed by atoms with Gasteiger partial charge in [0.15, 0.2) is 0 Å². The number of hydrogen-bond donors (Lipinski definition) is 1. The maximum atomic E-state index is 13.0. The Kier molecular flexibility index (Phi) is 3.36. The minimum Gasteiger partial charge on any atom is -0.384 e. The van der Waals surface area contributed by atoms with E-state index >= 15 is 0 Å². The predicted molar refractivity (Wildman–Crippen MR) is 64.6 cm³/mol. The van der Waals surface area contributed by atoms with Gasteiger partial charge < -0.3 is 5.11 Å². The highest BCUT2D eigenvalue weighted by atomic mass is 79.9. The number of halogens is 2. The number of hydrogen-bond acceptors (Lipinski definition) is 1. The second-order valence-electron chi connectivity index (χ2n) is 3.51. The zero-order valence-electron chi connectivity index (χ0n) is 8.40. The molecule has 0 aliphatic rings. The molecule has 2 rings (SSSR count). The summed E-state index contributed by atoms with van der Waals surface area (Å²) in [5, 5.41) is 10.0. The maximum absolute atomic E-state index is 13.0. The molecule has 0 aliphatic heterocycles. The third-order valence-corrected chi connectivity index (χ3v) is 2.88. The van der Waals surface area contributed by atoms with Crippen LogP contribution in [-0.4, -0.2) is 5.11 Å². The molecule has 1 nitrogen and oxygen atoms in total. The van der Waals surface area contributed by atoms with Crippen molar-refractivity contribution in [3.63, 3.8) is 0 Å². The monoisotopic (exact) mass is 280 g/mol. The van der Waals surface area contributed by atoms with E-state index in [0.29, 0.717) is 5.56 Å². The van der Waals surface area contributed by atoms with Gasteiger partial charge in [0.05, 0.1) is 0 Å². The normalized spacial score (nSPS) is 12.4. The SMILES string of the molecule is O[C@H](c1ccc(Br)cc1)c1cccc(F)c1. The molecule has 0 spiro atoms. The maximum Gasteiger partial charge on any atom is 0.123 e. The fourth-order valence-electron chi connectivity index (χ4n) is 1.51. The van der Waals surface area contributed by atoms with Crippen LogP contribution in [0.4, 0.5) is 4.39 Å². The topological polar surface area (TPSA) is 20.2 Å². The first-order valence-electron chi connectivity index (χ1n) is 4.86. The van der Waals surface area contributed by atoms with Crippen LogP contribution in [0.1, 0.15) is 17.2 Å². The van der Waals surface area contributed by atoms with Gasteiger partial charge in [0.1, 0.15) is 11.9 Å². The first-order chi connectivity index (χ1) is 7.66. The van der Waals surface area contributed by atoms with Crippen molar-refractivity contribution >= 4 is 15.9 Å². The molecule has 0 heterocycles. The minimum absolute atomic E-state index is 0.339. The number of aliphatic hydroxyl groups excluding tert-OH is 1. The summed E-state index contributed by atoms with van der Waals surface area (Å²) in [4.78, 5) is 0. The highest BCUT2D eigenvalue weighted by Crippen LogP contribution is 2.23. The summed E-state index contributed by atoms with van der Waals surface area (Å²) >= 11 is 3.32. The predicted octanol–water partition coefficient (Wildman–Crippen LogP) is 3.67. The summed E-state index contributed by atoms with van der Waals surface area (Å²) in [5.74, 6) is -0.339. The van der Waals surface area contributed by atoms with Crippen molar-refractivity contribution < 1.29 is 9.50 Å². The molecule has 0 saturated heterocycles. The molecule has 1 N–H and O–H groups in total. The third kappa shape index (κ3) is 2.49. The molecule has 16 heavy (non-hydrogen) atoms. The molecule has 1 atom stereocenters. The van der Waals surface area contributed by atoms with Crippen LogP contribution in [0.5, 0.6) is 0 Å². The van der Waals surface area contributed by atoms with Crippen molar-refractivity contribution in [2.24, 2.45) is 0 Å². The second-order valence-corrected chi connectivity index (χ2v) is 4.42. The van der Waals surface area contributed by atoms with E-state index in [-0.39, 0.29) is 5.82 Å². The molecule has 0 aromatic heterocycles. The first-order valence-corrected chi connectivity index (χ1v) is 5.65. The van der Waals surface area contributed by atoms with Crippen LogP contribution in [0.3, 0.4) is 0 Å². The van der Waals surface area contributed by atoms with Crippen LogP contribution >= 0.6 is 15.9 Å². The lowest BCUT2D eigenvalue weighted by Crippen LogP contribution is -1.99. The number of rotatable bonds is 2. The van der Waals surface area contributed by atoms with E-state index in [9.17, 15) is 9.50 Å². The van der Waals surface area contributed by atoms with Crippen LogP contribution in [0, 0.1) is 5.82 Å². The van der Waals surface area contributed by atoms with Crippen molar-refractivity contribution in [1.82, 2.24) is 0 Å². The van der Waals surface area contributed by atoms with E-state index in [1.54, 1.807) is 24.3 Å². The second kappa shape index (κ2) is 4.76. The van der Waals surface area contributed by atoms with Crippen molar-refractivity contribution in [1.29, 1.82) is 0 Å². The van der Waals surface area contributed by atoms with Gasteiger partial charge in [0, 0.05) is 4.47 Å². The molecule has 0 saturated carbocycles.